The van der Waals surface area contributed by atoms with Crippen LogP contribution in [0.25, 0.3) is 0 Å². The molecule has 0 radical (unpaired) electrons. The number of hydrogen-bond acceptors (Lipinski definition) is 1. The predicted molar refractivity (Wildman–Crippen MR) is 64.3 cm³/mol. The van der Waals surface area contributed by atoms with Crippen molar-refractivity contribution in [3.8, 4) is 12.3 Å². The van der Waals surface area contributed by atoms with Crippen LogP contribution in [0.15, 0.2) is 0 Å². The molecule has 0 aliphatic rings. The molecule has 0 saturated heterocycles. The van der Waals surface area contributed by atoms with Crippen molar-refractivity contribution < 1.29 is 0 Å². The summed E-state index contributed by atoms with van der Waals surface area (Å²) in [6.45, 7) is 6.68. The van der Waals surface area contributed by atoms with Crippen LogP contribution in [-0.2, 0) is 0 Å². The third-order valence-electron chi connectivity index (χ3n) is 2.73. The average molecular weight is 195 g/mol. The molecule has 0 aliphatic heterocycles. The zero-order valence-corrected chi connectivity index (χ0v) is 9.97. The van der Waals surface area contributed by atoms with Gasteiger partial charge in [-0.25, -0.2) is 0 Å². The minimum atomic E-state index is 0.516. The van der Waals surface area contributed by atoms with E-state index < -0.39 is 0 Å². The molecule has 0 aliphatic carbocycles. The molecule has 82 valence electrons. The van der Waals surface area contributed by atoms with Gasteiger partial charge in [-0.1, -0.05) is 33.6 Å². The largest absolute Gasteiger partial charge is 0.310 e. The first-order valence-corrected chi connectivity index (χ1v) is 5.97. The molecule has 1 nitrogen and oxygen atoms in total. The fraction of sp³-hybridized carbons (Fsp3) is 0.846. The third-order valence-corrected chi connectivity index (χ3v) is 2.73. The molecular weight excluding hydrogens is 170 g/mol. The molecule has 0 rings (SSSR count). The van der Waals surface area contributed by atoms with Crippen LogP contribution in [0.4, 0.5) is 0 Å². The Kier molecular flexibility index (Phi) is 8.78. The summed E-state index contributed by atoms with van der Waals surface area (Å²) in [5, 5.41) is 3.65. The van der Waals surface area contributed by atoms with Gasteiger partial charge >= 0.3 is 0 Å². The Morgan fingerprint density at radius 3 is 2.21 bits per heavy atom. The number of rotatable bonds is 8. The number of nitrogens with one attached hydrogen (secondary N) is 1. The van der Waals surface area contributed by atoms with Gasteiger partial charge in [0, 0.05) is 18.5 Å². The molecule has 0 fully saturated rings. The van der Waals surface area contributed by atoms with Crippen LogP contribution in [-0.4, -0.2) is 12.1 Å². The lowest BCUT2D eigenvalue weighted by Gasteiger charge is -2.22. The Hall–Kier alpha value is -0.480. The summed E-state index contributed by atoms with van der Waals surface area (Å²) in [6.07, 6.45) is 12.4. The van der Waals surface area contributed by atoms with E-state index in [1.54, 1.807) is 0 Å². The van der Waals surface area contributed by atoms with Gasteiger partial charge in [0.15, 0.2) is 0 Å². The maximum absolute atomic E-state index is 5.33. The van der Waals surface area contributed by atoms with Crippen molar-refractivity contribution >= 4 is 0 Å². The van der Waals surface area contributed by atoms with E-state index in [4.69, 9.17) is 6.42 Å². The highest BCUT2D eigenvalue weighted by atomic mass is 14.9. The molecule has 14 heavy (non-hydrogen) atoms. The van der Waals surface area contributed by atoms with E-state index >= 15 is 0 Å². The SMILES string of the molecule is C#CCC(CC)NC(CC)CCCC. The normalized spacial score (nSPS) is 14.7. The molecule has 2 unspecified atom stereocenters. The summed E-state index contributed by atoms with van der Waals surface area (Å²) in [4.78, 5) is 0. The van der Waals surface area contributed by atoms with E-state index in [2.05, 4.69) is 32.0 Å². The molecule has 1 heteroatoms. The summed E-state index contributed by atoms with van der Waals surface area (Å²) in [5.41, 5.74) is 0. The van der Waals surface area contributed by atoms with Crippen molar-refractivity contribution in [3.05, 3.63) is 0 Å². The lowest BCUT2D eigenvalue weighted by Crippen LogP contribution is -2.37. The second-order valence-electron chi connectivity index (χ2n) is 3.93. The third kappa shape index (κ3) is 6.05. The summed E-state index contributed by atoms with van der Waals surface area (Å²) in [5.74, 6) is 2.74. The van der Waals surface area contributed by atoms with E-state index in [0.29, 0.717) is 12.1 Å². The molecule has 0 amide bonds. The van der Waals surface area contributed by atoms with Crippen LogP contribution in [0.2, 0.25) is 0 Å². The first kappa shape index (κ1) is 13.5. The van der Waals surface area contributed by atoms with Crippen molar-refractivity contribution in [2.45, 2.75) is 71.4 Å². The zero-order valence-electron chi connectivity index (χ0n) is 9.97. The van der Waals surface area contributed by atoms with Gasteiger partial charge in [-0.15, -0.1) is 12.3 Å². The maximum Gasteiger partial charge on any atom is 0.0240 e. The van der Waals surface area contributed by atoms with Crippen molar-refractivity contribution in [1.29, 1.82) is 0 Å². The minimum absolute atomic E-state index is 0.516. The Balaban J connectivity index is 3.82. The lowest BCUT2D eigenvalue weighted by molar-refractivity contribution is 0.385. The van der Waals surface area contributed by atoms with Crippen molar-refractivity contribution in [1.82, 2.24) is 5.32 Å². The van der Waals surface area contributed by atoms with Crippen molar-refractivity contribution in [2.75, 3.05) is 0 Å². The van der Waals surface area contributed by atoms with Crippen LogP contribution in [0.1, 0.15) is 59.3 Å². The molecule has 0 aromatic heterocycles. The van der Waals surface area contributed by atoms with Crippen molar-refractivity contribution in [3.63, 3.8) is 0 Å². The van der Waals surface area contributed by atoms with E-state index in [9.17, 15) is 0 Å². The predicted octanol–water partition coefficient (Wildman–Crippen LogP) is 3.35. The topological polar surface area (TPSA) is 12.0 Å². The van der Waals surface area contributed by atoms with Gasteiger partial charge in [0.2, 0.25) is 0 Å². The standard InChI is InChI=1S/C13H25N/c1-5-9-11-13(8-4)14-12(7-3)10-6-2/h2,12-14H,5,7-11H2,1,3-4H3. The van der Waals surface area contributed by atoms with Gasteiger partial charge in [-0.2, -0.15) is 0 Å². The number of hydrogen-bond donors (Lipinski definition) is 1. The summed E-state index contributed by atoms with van der Waals surface area (Å²) >= 11 is 0. The van der Waals surface area contributed by atoms with Gasteiger partial charge in [-0.05, 0) is 19.3 Å². The first-order chi connectivity index (χ1) is 6.78. The van der Waals surface area contributed by atoms with Crippen molar-refractivity contribution in [2.24, 2.45) is 0 Å². The molecule has 1 N–H and O–H groups in total. The minimum Gasteiger partial charge on any atom is -0.310 e. The summed E-state index contributed by atoms with van der Waals surface area (Å²) in [7, 11) is 0. The first-order valence-electron chi connectivity index (χ1n) is 5.97. The Morgan fingerprint density at radius 2 is 1.79 bits per heavy atom. The number of terminal acetylenes is 1. The molecule has 0 saturated carbocycles. The van der Waals surface area contributed by atoms with E-state index in [1.807, 2.05) is 0 Å². The molecule has 0 spiro atoms. The van der Waals surface area contributed by atoms with Gasteiger partial charge in [0.1, 0.15) is 0 Å². The molecule has 0 aromatic rings. The number of unbranched alkanes of at least 4 members (excludes halogenated alkanes) is 1. The van der Waals surface area contributed by atoms with Crippen LogP contribution in [0.5, 0.6) is 0 Å². The molecular formula is C13H25N. The fourth-order valence-electron chi connectivity index (χ4n) is 1.65. The highest BCUT2D eigenvalue weighted by Crippen LogP contribution is 2.07. The van der Waals surface area contributed by atoms with Gasteiger partial charge in [0.05, 0.1) is 0 Å². The van der Waals surface area contributed by atoms with Crippen LogP contribution < -0.4 is 5.32 Å². The highest BCUT2D eigenvalue weighted by molar-refractivity contribution is 4.90. The second-order valence-corrected chi connectivity index (χ2v) is 3.93. The smallest absolute Gasteiger partial charge is 0.0240 e. The molecule has 0 aromatic carbocycles. The fourth-order valence-corrected chi connectivity index (χ4v) is 1.65. The summed E-state index contributed by atoms with van der Waals surface area (Å²) in [6, 6.07) is 1.18. The van der Waals surface area contributed by atoms with Gasteiger partial charge < -0.3 is 5.32 Å². The Labute approximate surface area is 89.7 Å². The van der Waals surface area contributed by atoms with E-state index in [1.165, 1.54) is 25.7 Å². The maximum atomic E-state index is 5.33. The Bertz CT molecular complexity index is 157. The quantitative estimate of drug-likeness (QED) is 0.586. The van der Waals surface area contributed by atoms with Gasteiger partial charge in [0.25, 0.3) is 0 Å². The van der Waals surface area contributed by atoms with E-state index in [0.717, 1.165) is 12.8 Å². The molecule has 0 bridgehead atoms. The van der Waals surface area contributed by atoms with Crippen LogP contribution in [0.3, 0.4) is 0 Å². The van der Waals surface area contributed by atoms with Gasteiger partial charge in [-0.3, -0.25) is 0 Å². The monoisotopic (exact) mass is 195 g/mol. The lowest BCUT2D eigenvalue weighted by atomic mass is 10.0. The van der Waals surface area contributed by atoms with Crippen LogP contribution >= 0.6 is 0 Å². The highest BCUT2D eigenvalue weighted by Gasteiger charge is 2.10. The van der Waals surface area contributed by atoms with E-state index in [-0.39, 0.29) is 0 Å². The van der Waals surface area contributed by atoms with Crippen LogP contribution in [0, 0.1) is 12.3 Å². The summed E-state index contributed by atoms with van der Waals surface area (Å²) < 4.78 is 0. The zero-order chi connectivity index (χ0) is 10.8. The molecule has 2 atom stereocenters. The Morgan fingerprint density at radius 1 is 1.14 bits per heavy atom. The average Bonchev–Trinajstić information content (AvgIpc) is 2.22. The second kappa shape index (κ2) is 9.09. The molecule has 0 heterocycles.